The maximum atomic E-state index is 11.2. The molecular formula is C12H17N3O. The third-order valence-electron chi connectivity index (χ3n) is 2.87. The number of nitrogens with one attached hydrogen (secondary N) is 2. The van der Waals surface area contributed by atoms with Crippen LogP contribution in [0.2, 0.25) is 0 Å². The molecule has 0 spiro atoms. The molecule has 2 rings (SSSR count). The Bertz CT molecular complexity index is 353. The van der Waals surface area contributed by atoms with E-state index in [0.29, 0.717) is 0 Å². The standard InChI is InChI=1S/C12H17N3O/c1-13-12(16)14-10-7-8-15(9-10)11-5-3-2-4-6-11/h2-6,10H,7-9H2,1H3,(H2,13,14,16). The summed E-state index contributed by atoms with van der Waals surface area (Å²) < 4.78 is 0. The Labute approximate surface area is 95.6 Å². The zero-order valence-corrected chi connectivity index (χ0v) is 9.44. The molecule has 0 radical (unpaired) electrons. The summed E-state index contributed by atoms with van der Waals surface area (Å²) in [7, 11) is 1.64. The lowest BCUT2D eigenvalue weighted by molar-refractivity contribution is 0.240. The van der Waals surface area contributed by atoms with Crippen molar-refractivity contribution >= 4 is 11.7 Å². The quantitative estimate of drug-likeness (QED) is 0.785. The van der Waals surface area contributed by atoms with Crippen LogP contribution in [0.15, 0.2) is 30.3 Å². The van der Waals surface area contributed by atoms with Crippen LogP contribution >= 0.6 is 0 Å². The van der Waals surface area contributed by atoms with Gasteiger partial charge in [0.1, 0.15) is 0 Å². The molecule has 1 saturated heterocycles. The van der Waals surface area contributed by atoms with Gasteiger partial charge in [0.25, 0.3) is 0 Å². The number of rotatable bonds is 2. The number of anilines is 1. The normalized spacial score (nSPS) is 19.6. The van der Waals surface area contributed by atoms with E-state index in [1.165, 1.54) is 5.69 Å². The second-order valence-electron chi connectivity index (χ2n) is 3.99. The maximum absolute atomic E-state index is 11.2. The van der Waals surface area contributed by atoms with Crippen LogP contribution in [-0.4, -0.2) is 32.2 Å². The van der Waals surface area contributed by atoms with Gasteiger partial charge in [-0.05, 0) is 18.6 Å². The van der Waals surface area contributed by atoms with Crippen molar-refractivity contribution in [1.29, 1.82) is 0 Å². The van der Waals surface area contributed by atoms with Crippen molar-refractivity contribution < 1.29 is 4.79 Å². The van der Waals surface area contributed by atoms with Gasteiger partial charge in [0, 0.05) is 31.9 Å². The van der Waals surface area contributed by atoms with Gasteiger partial charge in [0.2, 0.25) is 0 Å². The largest absolute Gasteiger partial charge is 0.369 e. The van der Waals surface area contributed by atoms with E-state index < -0.39 is 0 Å². The third kappa shape index (κ3) is 2.45. The minimum atomic E-state index is -0.0973. The molecule has 86 valence electrons. The molecule has 1 unspecified atom stereocenters. The minimum Gasteiger partial charge on any atom is -0.369 e. The van der Waals surface area contributed by atoms with Crippen molar-refractivity contribution in [2.24, 2.45) is 0 Å². The molecule has 0 aromatic heterocycles. The van der Waals surface area contributed by atoms with E-state index in [0.717, 1.165) is 19.5 Å². The van der Waals surface area contributed by atoms with Crippen molar-refractivity contribution in [3.05, 3.63) is 30.3 Å². The van der Waals surface area contributed by atoms with Gasteiger partial charge < -0.3 is 15.5 Å². The fraction of sp³-hybridized carbons (Fsp3) is 0.417. The molecule has 1 aliphatic rings. The monoisotopic (exact) mass is 219 g/mol. The average Bonchev–Trinajstić information content (AvgIpc) is 2.78. The fourth-order valence-electron chi connectivity index (χ4n) is 2.01. The molecule has 4 nitrogen and oxygen atoms in total. The molecule has 16 heavy (non-hydrogen) atoms. The summed E-state index contributed by atoms with van der Waals surface area (Å²) in [6, 6.07) is 10.4. The highest BCUT2D eigenvalue weighted by molar-refractivity contribution is 5.74. The van der Waals surface area contributed by atoms with Crippen LogP contribution < -0.4 is 15.5 Å². The number of amides is 2. The van der Waals surface area contributed by atoms with E-state index in [2.05, 4.69) is 27.7 Å². The van der Waals surface area contributed by atoms with Crippen LogP contribution in [0.1, 0.15) is 6.42 Å². The van der Waals surface area contributed by atoms with Crippen molar-refractivity contribution in [3.8, 4) is 0 Å². The third-order valence-corrected chi connectivity index (χ3v) is 2.87. The summed E-state index contributed by atoms with van der Waals surface area (Å²) in [6.45, 7) is 1.89. The van der Waals surface area contributed by atoms with Crippen molar-refractivity contribution in [3.63, 3.8) is 0 Å². The number of benzene rings is 1. The minimum absolute atomic E-state index is 0.0973. The topological polar surface area (TPSA) is 44.4 Å². The van der Waals surface area contributed by atoms with Gasteiger partial charge in [-0.15, -0.1) is 0 Å². The molecule has 0 bridgehead atoms. The smallest absolute Gasteiger partial charge is 0.314 e. The van der Waals surface area contributed by atoms with Crippen LogP contribution in [0.5, 0.6) is 0 Å². The SMILES string of the molecule is CNC(=O)NC1CCN(c2ccccc2)C1. The second kappa shape index (κ2) is 4.88. The van der Waals surface area contributed by atoms with Crippen molar-refractivity contribution in [1.82, 2.24) is 10.6 Å². The molecule has 2 N–H and O–H groups in total. The highest BCUT2D eigenvalue weighted by Gasteiger charge is 2.23. The first-order valence-electron chi connectivity index (χ1n) is 5.58. The summed E-state index contributed by atoms with van der Waals surface area (Å²) in [6.07, 6.45) is 1.00. The molecule has 1 fully saturated rings. The Morgan fingerprint density at radius 1 is 1.38 bits per heavy atom. The molecule has 4 heteroatoms. The highest BCUT2D eigenvalue weighted by atomic mass is 16.2. The van der Waals surface area contributed by atoms with Crippen molar-refractivity contribution in [2.75, 3.05) is 25.0 Å². The lowest BCUT2D eigenvalue weighted by Gasteiger charge is -2.18. The van der Waals surface area contributed by atoms with Gasteiger partial charge in [0.15, 0.2) is 0 Å². The van der Waals surface area contributed by atoms with Crippen molar-refractivity contribution in [2.45, 2.75) is 12.5 Å². The number of urea groups is 1. The molecule has 1 heterocycles. The van der Waals surface area contributed by atoms with Gasteiger partial charge >= 0.3 is 6.03 Å². The van der Waals surface area contributed by atoms with Crippen LogP contribution in [0.25, 0.3) is 0 Å². The van der Waals surface area contributed by atoms with Crippen LogP contribution in [-0.2, 0) is 0 Å². The number of hydrogen-bond acceptors (Lipinski definition) is 2. The summed E-state index contributed by atoms with van der Waals surface area (Å²) in [5.74, 6) is 0. The molecule has 1 atom stereocenters. The van der Waals surface area contributed by atoms with E-state index in [9.17, 15) is 4.79 Å². The summed E-state index contributed by atoms with van der Waals surface area (Å²) in [5, 5.41) is 5.51. The van der Waals surface area contributed by atoms with E-state index in [1.54, 1.807) is 7.05 Å². The Balaban J connectivity index is 1.91. The zero-order valence-electron chi connectivity index (χ0n) is 9.44. The van der Waals surface area contributed by atoms with E-state index in [1.807, 2.05) is 18.2 Å². The first-order valence-corrected chi connectivity index (χ1v) is 5.58. The number of para-hydroxylation sites is 1. The van der Waals surface area contributed by atoms with Crippen LogP contribution in [0, 0.1) is 0 Å². The second-order valence-corrected chi connectivity index (χ2v) is 3.99. The van der Waals surface area contributed by atoms with E-state index >= 15 is 0 Å². The summed E-state index contributed by atoms with van der Waals surface area (Å²) >= 11 is 0. The predicted molar refractivity (Wildman–Crippen MR) is 64.7 cm³/mol. The lowest BCUT2D eigenvalue weighted by atomic mass is 10.3. The Kier molecular flexibility index (Phi) is 3.29. The predicted octanol–water partition coefficient (Wildman–Crippen LogP) is 1.19. The van der Waals surface area contributed by atoms with E-state index in [4.69, 9.17) is 0 Å². The fourth-order valence-corrected chi connectivity index (χ4v) is 2.01. The number of carbonyl (C=O) groups is 1. The highest BCUT2D eigenvalue weighted by Crippen LogP contribution is 2.19. The number of carbonyl (C=O) groups excluding carboxylic acids is 1. The number of nitrogens with zero attached hydrogens (tertiary/aromatic N) is 1. The van der Waals surface area contributed by atoms with Gasteiger partial charge in [-0.1, -0.05) is 18.2 Å². The molecular weight excluding hydrogens is 202 g/mol. The van der Waals surface area contributed by atoms with Crippen LogP contribution in [0.4, 0.5) is 10.5 Å². The van der Waals surface area contributed by atoms with Gasteiger partial charge in [-0.3, -0.25) is 0 Å². The maximum Gasteiger partial charge on any atom is 0.314 e. The Morgan fingerprint density at radius 3 is 2.81 bits per heavy atom. The molecule has 2 amide bonds. The Morgan fingerprint density at radius 2 is 2.12 bits per heavy atom. The molecule has 0 aliphatic carbocycles. The Hall–Kier alpha value is -1.71. The zero-order chi connectivity index (χ0) is 11.4. The number of hydrogen-bond donors (Lipinski definition) is 2. The lowest BCUT2D eigenvalue weighted by Crippen LogP contribution is -2.41. The average molecular weight is 219 g/mol. The van der Waals surface area contributed by atoms with Gasteiger partial charge in [-0.2, -0.15) is 0 Å². The summed E-state index contributed by atoms with van der Waals surface area (Å²) in [5.41, 5.74) is 1.23. The molecule has 0 saturated carbocycles. The van der Waals surface area contributed by atoms with E-state index in [-0.39, 0.29) is 12.1 Å². The molecule has 1 aromatic rings. The first kappa shape index (κ1) is 10.8. The molecule has 1 aromatic carbocycles. The van der Waals surface area contributed by atoms with Gasteiger partial charge in [0.05, 0.1) is 0 Å². The first-order chi connectivity index (χ1) is 7.79. The molecule has 1 aliphatic heterocycles. The summed E-state index contributed by atoms with van der Waals surface area (Å²) in [4.78, 5) is 13.5. The van der Waals surface area contributed by atoms with Gasteiger partial charge in [-0.25, -0.2) is 4.79 Å². The van der Waals surface area contributed by atoms with Crippen LogP contribution in [0.3, 0.4) is 0 Å².